The van der Waals surface area contributed by atoms with Gasteiger partial charge in [-0.25, -0.2) is 0 Å². The van der Waals surface area contributed by atoms with E-state index in [0.717, 1.165) is 35.3 Å². The molecule has 1 heterocycles. The number of fused-ring (bicyclic) bond motifs is 1. The van der Waals surface area contributed by atoms with Gasteiger partial charge in [0.15, 0.2) is 0 Å². The molecule has 4 nitrogen and oxygen atoms in total. The highest BCUT2D eigenvalue weighted by Gasteiger charge is 2.18. The number of aromatic nitrogens is 1. The van der Waals surface area contributed by atoms with Gasteiger partial charge in [0.1, 0.15) is 0 Å². The minimum absolute atomic E-state index is 0. The first-order chi connectivity index (χ1) is 10.7. The Bertz CT molecular complexity index is 634. The van der Waals surface area contributed by atoms with E-state index in [1.165, 1.54) is 25.7 Å². The summed E-state index contributed by atoms with van der Waals surface area (Å²) in [6.45, 7) is 0.755. The van der Waals surface area contributed by atoms with Crippen molar-refractivity contribution in [2.75, 3.05) is 6.54 Å². The van der Waals surface area contributed by atoms with E-state index >= 15 is 0 Å². The number of para-hydroxylation sites is 1. The number of nitrogens with two attached hydrogens (primary N) is 1. The molecule has 0 aliphatic heterocycles. The molecule has 1 amide bonds. The number of H-pyrrole nitrogens is 1. The van der Waals surface area contributed by atoms with Crippen molar-refractivity contribution in [2.24, 2.45) is 11.7 Å². The lowest BCUT2D eigenvalue weighted by Crippen LogP contribution is -2.42. The number of nitrogens with one attached hydrogen (secondary N) is 2. The van der Waals surface area contributed by atoms with Gasteiger partial charge < -0.3 is 16.0 Å². The first-order valence-electron chi connectivity index (χ1n) is 8.32. The Morgan fingerprint density at radius 1 is 1.30 bits per heavy atom. The second-order valence-electron chi connectivity index (χ2n) is 6.40. The van der Waals surface area contributed by atoms with Crippen molar-refractivity contribution in [2.45, 2.75) is 44.6 Å². The standard InChI is InChI=1S/C18H25N3O.ClH/c19-16(18(22)20-10-9-13-5-1-2-6-13)11-14-12-21-17-8-4-3-7-15(14)17;/h3-4,7-8,12-13,16,21H,1-2,5-6,9-11,19H2,(H,20,22);1H/t16-;/m0./s1. The Morgan fingerprint density at radius 3 is 2.83 bits per heavy atom. The van der Waals surface area contributed by atoms with Crippen molar-refractivity contribution in [3.05, 3.63) is 36.0 Å². The van der Waals surface area contributed by atoms with Crippen LogP contribution in [0.3, 0.4) is 0 Å². The Kier molecular flexibility index (Phi) is 6.48. The van der Waals surface area contributed by atoms with Gasteiger partial charge in [0.05, 0.1) is 6.04 Å². The van der Waals surface area contributed by atoms with Crippen molar-refractivity contribution in [3.63, 3.8) is 0 Å². The molecule has 0 unspecified atom stereocenters. The zero-order valence-electron chi connectivity index (χ0n) is 13.4. The van der Waals surface area contributed by atoms with Crippen LogP contribution < -0.4 is 11.1 Å². The second-order valence-corrected chi connectivity index (χ2v) is 6.40. The molecule has 1 saturated carbocycles. The highest BCUT2D eigenvalue weighted by atomic mass is 35.5. The topological polar surface area (TPSA) is 70.9 Å². The average molecular weight is 336 g/mol. The van der Waals surface area contributed by atoms with Crippen LogP contribution in [0.4, 0.5) is 0 Å². The minimum atomic E-state index is -0.484. The maximum absolute atomic E-state index is 12.1. The fourth-order valence-corrected chi connectivity index (χ4v) is 3.46. The van der Waals surface area contributed by atoms with Crippen molar-refractivity contribution >= 4 is 29.2 Å². The van der Waals surface area contributed by atoms with Gasteiger partial charge in [-0.15, -0.1) is 12.4 Å². The second kappa shape index (κ2) is 8.37. The fourth-order valence-electron chi connectivity index (χ4n) is 3.46. The average Bonchev–Trinajstić information content (AvgIpc) is 3.17. The van der Waals surface area contributed by atoms with Crippen LogP contribution in [0.2, 0.25) is 0 Å². The molecule has 23 heavy (non-hydrogen) atoms. The first kappa shape index (κ1) is 17.8. The number of hydrogen-bond acceptors (Lipinski definition) is 2. The minimum Gasteiger partial charge on any atom is -0.361 e. The van der Waals surface area contributed by atoms with Gasteiger partial charge in [0, 0.05) is 23.6 Å². The molecule has 3 rings (SSSR count). The third-order valence-corrected chi connectivity index (χ3v) is 4.78. The fraction of sp³-hybridized carbons (Fsp3) is 0.500. The molecule has 1 aliphatic carbocycles. The molecule has 0 spiro atoms. The van der Waals surface area contributed by atoms with Crippen LogP contribution in [0.15, 0.2) is 30.5 Å². The summed E-state index contributed by atoms with van der Waals surface area (Å²) >= 11 is 0. The van der Waals surface area contributed by atoms with Crippen molar-refractivity contribution in [3.8, 4) is 0 Å². The van der Waals surface area contributed by atoms with E-state index in [9.17, 15) is 4.79 Å². The molecule has 1 fully saturated rings. The summed E-state index contributed by atoms with van der Waals surface area (Å²) in [6, 6.07) is 7.62. The Hall–Kier alpha value is -1.52. The molecule has 0 saturated heterocycles. The van der Waals surface area contributed by atoms with Crippen LogP contribution in [0, 0.1) is 5.92 Å². The molecule has 1 aliphatic rings. The van der Waals surface area contributed by atoms with Crippen LogP contribution in [0.1, 0.15) is 37.7 Å². The maximum atomic E-state index is 12.1. The molecular formula is C18H26ClN3O. The third kappa shape index (κ3) is 4.49. The number of rotatable bonds is 6. The normalized spacial score (nSPS) is 16.2. The van der Waals surface area contributed by atoms with Gasteiger partial charge in [0.2, 0.25) is 5.91 Å². The van der Waals surface area contributed by atoms with Crippen LogP contribution in [0.5, 0.6) is 0 Å². The monoisotopic (exact) mass is 335 g/mol. The van der Waals surface area contributed by atoms with E-state index in [-0.39, 0.29) is 18.3 Å². The molecular weight excluding hydrogens is 310 g/mol. The number of benzene rings is 1. The summed E-state index contributed by atoms with van der Waals surface area (Å²) in [7, 11) is 0. The van der Waals surface area contributed by atoms with E-state index in [1.807, 2.05) is 24.4 Å². The van der Waals surface area contributed by atoms with Gasteiger partial charge in [-0.3, -0.25) is 4.79 Å². The number of carbonyl (C=O) groups excluding carboxylic acids is 1. The van der Waals surface area contributed by atoms with E-state index in [0.29, 0.717) is 6.42 Å². The number of amides is 1. The van der Waals surface area contributed by atoms with E-state index < -0.39 is 6.04 Å². The Morgan fingerprint density at radius 2 is 2.04 bits per heavy atom. The van der Waals surface area contributed by atoms with Crippen LogP contribution in [-0.4, -0.2) is 23.5 Å². The van der Waals surface area contributed by atoms with E-state index in [1.54, 1.807) is 0 Å². The van der Waals surface area contributed by atoms with Gasteiger partial charge in [0.25, 0.3) is 0 Å². The highest BCUT2D eigenvalue weighted by Crippen LogP contribution is 2.26. The number of halogens is 1. The number of carbonyl (C=O) groups is 1. The lowest BCUT2D eigenvalue weighted by Gasteiger charge is -2.14. The van der Waals surface area contributed by atoms with Crippen molar-refractivity contribution in [1.29, 1.82) is 0 Å². The van der Waals surface area contributed by atoms with Crippen molar-refractivity contribution < 1.29 is 4.79 Å². The van der Waals surface area contributed by atoms with Crippen molar-refractivity contribution in [1.82, 2.24) is 10.3 Å². The lowest BCUT2D eigenvalue weighted by atomic mass is 10.0. The highest BCUT2D eigenvalue weighted by molar-refractivity contribution is 5.86. The smallest absolute Gasteiger partial charge is 0.237 e. The van der Waals surface area contributed by atoms with Crippen LogP contribution in [-0.2, 0) is 11.2 Å². The Balaban J connectivity index is 0.00000192. The van der Waals surface area contributed by atoms with E-state index in [2.05, 4.69) is 16.4 Å². The molecule has 2 aromatic rings. The largest absolute Gasteiger partial charge is 0.361 e. The van der Waals surface area contributed by atoms with Crippen LogP contribution >= 0.6 is 12.4 Å². The van der Waals surface area contributed by atoms with Gasteiger partial charge in [-0.1, -0.05) is 43.9 Å². The predicted molar refractivity (Wildman–Crippen MR) is 96.8 cm³/mol. The molecule has 1 aromatic carbocycles. The third-order valence-electron chi connectivity index (χ3n) is 4.78. The maximum Gasteiger partial charge on any atom is 0.237 e. The molecule has 126 valence electrons. The van der Waals surface area contributed by atoms with Crippen LogP contribution in [0.25, 0.3) is 10.9 Å². The summed E-state index contributed by atoms with van der Waals surface area (Å²) in [4.78, 5) is 15.4. The molecule has 5 heteroatoms. The molecule has 1 aromatic heterocycles. The summed E-state index contributed by atoms with van der Waals surface area (Å²) in [6.07, 6.45) is 8.94. The quantitative estimate of drug-likeness (QED) is 0.758. The van der Waals surface area contributed by atoms with Gasteiger partial charge in [-0.05, 0) is 30.4 Å². The summed E-state index contributed by atoms with van der Waals surface area (Å²) in [5, 5.41) is 4.15. The summed E-state index contributed by atoms with van der Waals surface area (Å²) in [5.41, 5.74) is 8.26. The SMILES string of the molecule is Cl.N[C@@H](Cc1c[nH]c2ccccc12)C(=O)NCCC1CCCC1. The molecule has 0 radical (unpaired) electrons. The van der Waals surface area contributed by atoms with Gasteiger partial charge in [-0.2, -0.15) is 0 Å². The zero-order chi connectivity index (χ0) is 15.4. The first-order valence-corrected chi connectivity index (χ1v) is 8.32. The van der Waals surface area contributed by atoms with E-state index in [4.69, 9.17) is 5.73 Å². The Labute approximate surface area is 143 Å². The number of hydrogen-bond donors (Lipinski definition) is 3. The molecule has 0 bridgehead atoms. The molecule has 4 N–H and O–H groups in total. The van der Waals surface area contributed by atoms with Gasteiger partial charge >= 0.3 is 0 Å². The zero-order valence-corrected chi connectivity index (χ0v) is 14.2. The summed E-state index contributed by atoms with van der Waals surface area (Å²) in [5.74, 6) is 0.758. The summed E-state index contributed by atoms with van der Waals surface area (Å²) < 4.78 is 0. The predicted octanol–water partition coefficient (Wildman–Crippen LogP) is 3.16. The molecule has 1 atom stereocenters. The lowest BCUT2D eigenvalue weighted by molar-refractivity contribution is -0.122. The number of aromatic amines is 1.